The highest BCUT2D eigenvalue weighted by molar-refractivity contribution is 5.94. The summed E-state index contributed by atoms with van der Waals surface area (Å²) < 4.78 is 1.41. The van der Waals surface area contributed by atoms with E-state index in [0.717, 1.165) is 45.5 Å². The van der Waals surface area contributed by atoms with E-state index in [-0.39, 0.29) is 36.1 Å². The van der Waals surface area contributed by atoms with Gasteiger partial charge in [0.2, 0.25) is 5.91 Å². The van der Waals surface area contributed by atoms with E-state index in [2.05, 4.69) is 55.0 Å². The van der Waals surface area contributed by atoms with Crippen molar-refractivity contribution in [3.63, 3.8) is 0 Å². The molecule has 2 unspecified atom stereocenters. The van der Waals surface area contributed by atoms with Crippen molar-refractivity contribution in [3.8, 4) is 11.8 Å². The van der Waals surface area contributed by atoms with Gasteiger partial charge in [0, 0.05) is 51.5 Å². The van der Waals surface area contributed by atoms with Gasteiger partial charge in [0.05, 0.1) is 23.7 Å². The minimum absolute atomic E-state index is 0.0725. The molecule has 11 heteroatoms. The zero-order valence-electron chi connectivity index (χ0n) is 32.3. The summed E-state index contributed by atoms with van der Waals surface area (Å²) in [5, 5.41) is 18.4. The number of aryl methyl sites for hydroxylation is 3. The van der Waals surface area contributed by atoms with Crippen LogP contribution in [0.2, 0.25) is 0 Å². The smallest absolute Gasteiger partial charge is 0.348 e. The Bertz CT molecular complexity index is 2150. The van der Waals surface area contributed by atoms with Crippen molar-refractivity contribution in [2.75, 3.05) is 34.7 Å². The largest absolute Gasteiger partial charge is 0.378 e. The minimum atomic E-state index is -0.998. The summed E-state index contributed by atoms with van der Waals surface area (Å²) >= 11 is 0. The third-order valence-electron chi connectivity index (χ3n) is 11.9. The van der Waals surface area contributed by atoms with Gasteiger partial charge in [-0.15, -0.1) is 5.10 Å². The maximum atomic E-state index is 13.9. The molecule has 1 aliphatic heterocycles. The van der Waals surface area contributed by atoms with Crippen LogP contribution in [-0.2, 0) is 23.1 Å². The number of benzene rings is 3. The van der Waals surface area contributed by atoms with Crippen molar-refractivity contribution in [1.82, 2.24) is 34.8 Å². The number of fused-ring (bicyclic) bond motifs is 3. The molecule has 280 valence electrons. The average Bonchev–Trinajstić information content (AvgIpc) is 3.43. The number of carbonyl (C=O) groups excluding carboxylic acids is 2. The normalized spacial score (nSPS) is 23.0. The molecule has 0 spiro atoms. The van der Waals surface area contributed by atoms with Crippen molar-refractivity contribution in [3.05, 3.63) is 122 Å². The fraction of sp³-hybridized carbons (Fsp3) is 0.419. The number of hydrogen-bond donors (Lipinski definition) is 2. The van der Waals surface area contributed by atoms with Crippen molar-refractivity contribution in [2.45, 2.75) is 70.0 Å². The number of carbonyl (C=O) groups is 2. The molecule has 1 saturated heterocycles. The van der Waals surface area contributed by atoms with Gasteiger partial charge in [-0.2, -0.15) is 9.94 Å². The second-order valence-electron chi connectivity index (χ2n) is 15.9. The highest BCUT2D eigenvalue weighted by Crippen LogP contribution is 2.53. The first-order valence-corrected chi connectivity index (χ1v) is 18.8. The van der Waals surface area contributed by atoms with E-state index >= 15 is 0 Å². The summed E-state index contributed by atoms with van der Waals surface area (Å²) in [6.07, 6.45) is 2.51. The molecule has 54 heavy (non-hydrogen) atoms. The van der Waals surface area contributed by atoms with Gasteiger partial charge in [-0.1, -0.05) is 49.4 Å². The second-order valence-corrected chi connectivity index (χ2v) is 15.9. The predicted molar refractivity (Wildman–Crippen MR) is 209 cm³/mol. The molecule has 3 aromatic carbocycles. The molecule has 0 radical (unpaired) electrons. The van der Waals surface area contributed by atoms with Crippen LogP contribution in [0, 0.1) is 30.1 Å². The van der Waals surface area contributed by atoms with E-state index in [1.165, 1.54) is 4.68 Å². The van der Waals surface area contributed by atoms with Crippen LogP contribution >= 0.6 is 0 Å². The van der Waals surface area contributed by atoms with Gasteiger partial charge in [0.1, 0.15) is 11.9 Å². The van der Waals surface area contributed by atoms with Crippen LogP contribution in [0.15, 0.2) is 72.0 Å². The number of hydrogen-bond acceptors (Lipinski definition) is 7. The fourth-order valence-electron chi connectivity index (χ4n) is 8.88. The van der Waals surface area contributed by atoms with E-state index in [1.54, 1.807) is 23.9 Å². The summed E-state index contributed by atoms with van der Waals surface area (Å²) in [4.78, 5) is 49.5. The van der Waals surface area contributed by atoms with Gasteiger partial charge >= 0.3 is 5.69 Å². The topological polar surface area (TPSA) is 130 Å². The average molecular weight is 727 g/mol. The first kappa shape index (κ1) is 36.9. The second kappa shape index (κ2) is 14.1. The molecule has 11 nitrogen and oxygen atoms in total. The number of nitrogens with one attached hydrogen (secondary N) is 2. The number of rotatable bonds is 10. The highest BCUT2D eigenvalue weighted by atomic mass is 16.2. The van der Waals surface area contributed by atoms with E-state index in [4.69, 9.17) is 5.10 Å². The molecule has 2 heterocycles. The number of amides is 2. The highest BCUT2D eigenvalue weighted by Gasteiger charge is 2.60. The van der Waals surface area contributed by atoms with Gasteiger partial charge in [-0.3, -0.25) is 14.6 Å². The van der Waals surface area contributed by atoms with Gasteiger partial charge in [0.25, 0.3) is 5.91 Å². The van der Waals surface area contributed by atoms with Crippen LogP contribution in [-0.4, -0.2) is 94.1 Å². The quantitative estimate of drug-likeness (QED) is 0.243. The Morgan fingerprint density at radius 3 is 2.26 bits per heavy atom. The molecule has 6 atom stereocenters. The molecule has 2 aliphatic carbocycles. The number of nitrogens with zero attached hydrogens (tertiary/aromatic N) is 6. The minimum Gasteiger partial charge on any atom is -0.378 e. The van der Waals surface area contributed by atoms with Gasteiger partial charge in [-0.25, -0.2) is 4.79 Å². The molecule has 2 amide bonds. The van der Waals surface area contributed by atoms with Crippen LogP contribution in [0.5, 0.6) is 0 Å². The Labute approximate surface area is 317 Å². The molecule has 2 fully saturated rings. The molecular formula is C43H50N8O3. The number of piperidine rings is 1. The van der Waals surface area contributed by atoms with Crippen molar-refractivity contribution >= 4 is 17.5 Å². The maximum Gasteiger partial charge on any atom is 0.348 e. The van der Waals surface area contributed by atoms with E-state index in [1.807, 2.05) is 68.4 Å². The first-order chi connectivity index (χ1) is 25.7. The van der Waals surface area contributed by atoms with Gasteiger partial charge in [-0.05, 0) is 110 Å². The van der Waals surface area contributed by atoms with Gasteiger partial charge in [0.15, 0.2) is 0 Å². The van der Waals surface area contributed by atoms with Crippen LogP contribution < -0.4 is 11.0 Å². The Morgan fingerprint density at radius 1 is 1.02 bits per heavy atom. The first-order valence-electron chi connectivity index (χ1n) is 18.8. The lowest BCUT2D eigenvalue weighted by atomic mass is 9.67. The SMILES string of the molecule is C=C(c1ccc2c(c1)CCc1cc(C(=O)N(C)C)ccc1C2(C[C@H](C)NCC(=O)N1C(C#N)C[C@@H]2[C@H](C)[C@@H]21)c1nn(-c2ccc(C)cc2)c(=O)[nH]1)N(C)C. The van der Waals surface area contributed by atoms with E-state index < -0.39 is 11.5 Å². The number of likely N-dealkylation sites (tertiary alicyclic amines) is 1. The van der Waals surface area contributed by atoms with E-state index in [0.29, 0.717) is 48.2 Å². The summed E-state index contributed by atoms with van der Waals surface area (Å²) in [5.41, 5.74) is 6.81. The summed E-state index contributed by atoms with van der Waals surface area (Å²) in [5.74, 6) is 1.12. The Morgan fingerprint density at radius 2 is 1.65 bits per heavy atom. The molecule has 0 bridgehead atoms. The lowest BCUT2D eigenvalue weighted by Crippen LogP contribution is -2.47. The molecule has 4 aromatic rings. The summed E-state index contributed by atoms with van der Waals surface area (Å²) in [7, 11) is 7.43. The fourth-order valence-corrected chi connectivity index (χ4v) is 8.88. The number of aromatic amines is 1. The summed E-state index contributed by atoms with van der Waals surface area (Å²) in [6, 6.07) is 21.8. The van der Waals surface area contributed by atoms with Crippen molar-refractivity contribution in [1.29, 1.82) is 5.26 Å². The van der Waals surface area contributed by atoms with Gasteiger partial charge < -0.3 is 20.0 Å². The number of nitriles is 1. The van der Waals surface area contributed by atoms with Crippen LogP contribution in [0.3, 0.4) is 0 Å². The molecule has 1 saturated carbocycles. The number of aromatic nitrogens is 3. The molecular weight excluding hydrogens is 677 g/mol. The van der Waals surface area contributed by atoms with Crippen LogP contribution in [0.4, 0.5) is 0 Å². The monoisotopic (exact) mass is 726 g/mol. The van der Waals surface area contributed by atoms with E-state index in [9.17, 15) is 19.6 Å². The Kier molecular flexibility index (Phi) is 9.60. The predicted octanol–water partition coefficient (Wildman–Crippen LogP) is 4.66. The Balaban J connectivity index is 1.38. The van der Waals surface area contributed by atoms with Crippen molar-refractivity contribution < 1.29 is 9.59 Å². The third-order valence-corrected chi connectivity index (χ3v) is 11.9. The lowest BCUT2D eigenvalue weighted by Gasteiger charge is -2.37. The zero-order chi connectivity index (χ0) is 38.6. The zero-order valence-corrected chi connectivity index (χ0v) is 32.3. The third kappa shape index (κ3) is 6.32. The van der Waals surface area contributed by atoms with Crippen molar-refractivity contribution in [2.24, 2.45) is 11.8 Å². The lowest BCUT2D eigenvalue weighted by molar-refractivity contribution is -0.131. The van der Waals surface area contributed by atoms with Crippen LogP contribution in [0.1, 0.15) is 76.3 Å². The number of H-pyrrole nitrogens is 1. The van der Waals surface area contributed by atoms with Crippen LogP contribution in [0.25, 0.3) is 11.4 Å². The summed E-state index contributed by atoms with van der Waals surface area (Å²) in [6.45, 7) is 10.6. The molecule has 2 N–H and O–H groups in total. The Hall–Kier alpha value is -5.47. The maximum absolute atomic E-state index is 13.9. The molecule has 1 aromatic heterocycles. The molecule has 7 rings (SSSR count). The molecule has 3 aliphatic rings. The standard InChI is InChI=1S/C43H50N8O3/c1-25-9-15-33(16-10-25)51-42(54)46-41(47-51)43(22-26(2)45-24-38(52)50-34(23-44)21-35-27(3)39(35)50)36-17-13-29(28(4)48(5)6)19-30(36)11-12-31-20-32(14-18-37(31)43)40(53)49(7)8/h9-10,13-20,26-27,34-35,39,45H,4,11-12,21-22,24H2,1-3,5-8H3,(H,46,47,54)/t26-,27-,34?,35+,39-,43?/m0/s1.